The Kier molecular flexibility index (Phi) is 6.16. The number of aromatic nitrogens is 2. The smallest absolute Gasteiger partial charge is 0.255 e. The summed E-state index contributed by atoms with van der Waals surface area (Å²) in [7, 11) is 0. The van der Waals surface area contributed by atoms with E-state index in [2.05, 4.69) is 4.37 Å². The molecule has 0 unspecified atom stereocenters. The number of amides is 1. The van der Waals surface area contributed by atoms with Crippen LogP contribution in [-0.2, 0) is 0 Å². The van der Waals surface area contributed by atoms with E-state index in [1.807, 2.05) is 10.3 Å². The maximum atomic E-state index is 12.8. The van der Waals surface area contributed by atoms with Gasteiger partial charge in [0.15, 0.2) is 5.15 Å². The first-order chi connectivity index (χ1) is 13.4. The first-order valence-electron chi connectivity index (χ1n) is 8.45. The van der Waals surface area contributed by atoms with Gasteiger partial charge < -0.3 is 4.90 Å². The van der Waals surface area contributed by atoms with Crippen molar-refractivity contribution in [1.29, 1.82) is 0 Å². The number of carbonyl (C=O) groups excluding carboxylic acids is 1. The Morgan fingerprint density at radius 1 is 1.14 bits per heavy atom. The number of likely N-dealkylation sites (tertiary alicyclic amines) is 1. The molecule has 3 heterocycles. The summed E-state index contributed by atoms with van der Waals surface area (Å²) in [5, 5.41) is 4.68. The number of hydrogen-bond donors (Lipinski definition) is 0. The molecule has 10 heteroatoms. The van der Waals surface area contributed by atoms with Crippen LogP contribution in [0.2, 0.25) is 20.2 Å². The van der Waals surface area contributed by atoms with Gasteiger partial charge in [0.25, 0.3) is 5.91 Å². The average Bonchev–Trinajstić information content (AvgIpc) is 3.29. The topological polar surface area (TPSA) is 46.1 Å². The molecule has 1 saturated heterocycles. The molecule has 1 aromatic carbocycles. The monoisotopic (exact) mass is 491 g/mol. The maximum absolute atomic E-state index is 12.8. The molecule has 0 spiro atoms. The summed E-state index contributed by atoms with van der Waals surface area (Å²) < 4.78 is 4.06. The highest BCUT2D eigenvalue weighted by Crippen LogP contribution is 2.39. The summed E-state index contributed by atoms with van der Waals surface area (Å²) in [4.78, 5) is 20.1. The fourth-order valence-corrected chi connectivity index (χ4v) is 5.89. The zero-order valence-electron chi connectivity index (χ0n) is 14.3. The molecule has 1 aliphatic rings. The van der Waals surface area contributed by atoms with Crippen molar-refractivity contribution in [2.45, 2.75) is 18.8 Å². The van der Waals surface area contributed by atoms with E-state index in [9.17, 15) is 4.79 Å². The predicted molar refractivity (Wildman–Crippen MR) is 118 cm³/mol. The van der Waals surface area contributed by atoms with E-state index < -0.39 is 0 Å². The number of nitrogens with zero attached hydrogens (tertiary/aromatic N) is 3. The quantitative estimate of drug-likeness (QED) is 0.399. The van der Waals surface area contributed by atoms with Gasteiger partial charge >= 0.3 is 0 Å². The Labute approximate surface area is 190 Å². The third-order valence-corrected chi connectivity index (χ3v) is 8.02. The van der Waals surface area contributed by atoms with Gasteiger partial charge in [-0.25, -0.2) is 4.98 Å². The van der Waals surface area contributed by atoms with Crippen molar-refractivity contribution < 1.29 is 4.79 Å². The summed E-state index contributed by atoms with van der Waals surface area (Å²) in [6, 6.07) is 4.95. The van der Waals surface area contributed by atoms with Gasteiger partial charge in [0.1, 0.15) is 0 Å². The Morgan fingerprint density at radius 3 is 2.54 bits per heavy atom. The van der Waals surface area contributed by atoms with E-state index in [1.54, 1.807) is 29.5 Å². The Morgan fingerprint density at radius 2 is 1.89 bits per heavy atom. The van der Waals surface area contributed by atoms with Crippen molar-refractivity contribution in [3.63, 3.8) is 0 Å². The van der Waals surface area contributed by atoms with Gasteiger partial charge in [0, 0.05) is 29.4 Å². The van der Waals surface area contributed by atoms with Crippen LogP contribution in [0, 0.1) is 0 Å². The molecule has 1 aliphatic heterocycles. The van der Waals surface area contributed by atoms with Gasteiger partial charge in [-0.05, 0) is 42.6 Å². The van der Waals surface area contributed by atoms with Gasteiger partial charge in [0.05, 0.1) is 31.2 Å². The summed E-state index contributed by atoms with van der Waals surface area (Å²) in [5.74, 6) is 0.247. The van der Waals surface area contributed by atoms with E-state index in [4.69, 9.17) is 51.4 Å². The van der Waals surface area contributed by atoms with Crippen LogP contribution in [0.5, 0.6) is 0 Å². The highest BCUT2D eigenvalue weighted by Gasteiger charge is 2.28. The van der Waals surface area contributed by atoms with Crippen LogP contribution in [0.4, 0.5) is 0 Å². The molecular weight excluding hydrogens is 480 g/mol. The van der Waals surface area contributed by atoms with E-state index in [-0.39, 0.29) is 5.91 Å². The van der Waals surface area contributed by atoms with Crippen molar-refractivity contribution in [2.75, 3.05) is 13.1 Å². The predicted octanol–water partition coefficient (Wildman–Crippen LogP) is 6.90. The third kappa shape index (κ3) is 4.04. The summed E-state index contributed by atoms with van der Waals surface area (Å²) in [5.41, 5.74) is 1.29. The number of benzene rings is 1. The van der Waals surface area contributed by atoms with Gasteiger partial charge in [-0.1, -0.05) is 46.4 Å². The minimum atomic E-state index is -0.0639. The molecule has 146 valence electrons. The Bertz CT molecular complexity index is 1030. The van der Waals surface area contributed by atoms with Crippen molar-refractivity contribution >= 4 is 75.2 Å². The number of hydrogen-bond acceptors (Lipinski definition) is 5. The number of thiazole rings is 1. The van der Waals surface area contributed by atoms with Crippen LogP contribution in [-0.4, -0.2) is 33.3 Å². The Hall–Kier alpha value is -0.890. The molecule has 28 heavy (non-hydrogen) atoms. The molecule has 0 saturated carbocycles. The lowest BCUT2D eigenvalue weighted by molar-refractivity contribution is 0.0713. The molecule has 0 atom stereocenters. The highest BCUT2D eigenvalue weighted by molar-refractivity contribution is 7.12. The molecule has 0 aliphatic carbocycles. The number of halogens is 4. The van der Waals surface area contributed by atoms with Crippen molar-refractivity contribution in [3.8, 4) is 10.6 Å². The van der Waals surface area contributed by atoms with Crippen LogP contribution >= 0.6 is 69.3 Å². The summed E-state index contributed by atoms with van der Waals surface area (Å²) in [6.45, 7) is 1.31. The standard InChI is InChI=1S/C18H13Cl4N3OS2/c19-10-1-2-11(12(20)7-10)18(26)25-5-3-9(4-6-25)17-23-13(8-27-17)15-14(21)16(22)24-28-15/h1-2,7-9H,3-6H2. The molecule has 0 N–H and O–H groups in total. The van der Waals surface area contributed by atoms with Gasteiger partial charge in [-0.3, -0.25) is 4.79 Å². The molecule has 0 bridgehead atoms. The van der Waals surface area contributed by atoms with Gasteiger partial charge in [0.2, 0.25) is 0 Å². The SMILES string of the molecule is O=C(c1ccc(Cl)cc1Cl)N1CCC(c2nc(-c3snc(Cl)c3Cl)cs2)CC1. The molecule has 4 rings (SSSR count). The number of rotatable bonds is 3. The van der Waals surface area contributed by atoms with Crippen LogP contribution in [0.15, 0.2) is 23.6 Å². The van der Waals surface area contributed by atoms with Crippen molar-refractivity contribution in [3.05, 3.63) is 54.4 Å². The lowest BCUT2D eigenvalue weighted by Crippen LogP contribution is -2.38. The Balaban J connectivity index is 1.43. The van der Waals surface area contributed by atoms with Crippen LogP contribution in [0.1, 0.15) is 34.1 Å². The van der Waals surface area contributed by atoms with E-state index in [0.717, 1.165) is 28.4 Å². The van der Waals surface area contributed by atoms with Crippen molar-refractivity contribution in [2.24, 2.45) is 0 Å². The largest absolute Gasteiger partial charge is 0.339 e. The fraction of sp³-hybridized carbons (Fsp3) is 0.278. The van der Waals surface area contributed by atoms with E-state index in [1.165, 1.54) is 11.5 Å². The maximum Gasteiger partial charge on any atom is 0.255 e. The second-order valence-electron chi connectivity index (χ2n) is 6.38. The molecule has 0 radical (unpaired) electrons. The zero-order valence-corrected chi connectivity index (χ0v) is 19.0. The van der Waals surface area contributed by atoms with E-state index >= 15 is 0 Å². The number of carbonyl (C=O) groups is 1. The normalized spacial score (nSPS) is 15.2. The minimum absolute atomic E-state index is 0.0639. The van der Waals surface area contributed by atoms with Crippen LogP contribution < -0.4 is 0 Å². The molecular formula is C18H13Cl4N3OS2. The van der Waals surface area contributed by atoms with Gasteiger partial charge in [-0.15, -0.1) is 11.3 Å². The second-order valence-corrected chi connectivity index (χ2v) is 9.62. The third-order valence-electron chi connectivity index (χ3n) is 4.65. The second kappa shape index (κ2) is 8.46. The first kappa shape index (κ1) is 20.4. The van der Waals surface area contributed by atoms with E-state index in [0.29, 0.717) is 44.8 Å². The highest BCUT2D eigenvalue weighted by atomic mass is 35.5. The lowest BCUT2D eigenvalue weighted by atomic mass is 9.97. The first-order valence-corrected chi connectivity index (χ1v) is 11.6. The van der Waals surface area contributed by atoms with Crippen LogP contribution in [0.3, 0.4) is 0 Å². The van der Waals surface area contributed by atoms with Crippen LogP contribution in [0.25, 0.3) is 10.6 Å². The summed E-state index contributed by atoms with van der Waals surface area (Å²) >= 11 is 27.1. The molecule has 1 amide bonds. The summed E-state index contributed by atoms with van der Waals surface area (Å²) in [6.07, 6.45) is 1.70. The number of piperidine rings is 1. The fourth-order valence-electron chi connectivity index (χ4n) is 3.16. The molecule has 3 aromatic rings. The molecule has 4 nitrogen and oxygen atoms in total. The van der Waals surface area contributed by atoms with Gasteiger partial charge in [-0.2, -0.15) is 4.37 Å². The lowest BCUT2D eigenvalue weighted by Gasteiger charge is -2.31. The average molecular weight is 493 g/mol. The minimum Gasteiger partial charge on any atom is -0.339 e. The molecule has 2 aromatic heterocycles. The van der Waals surface area contributed by atoms with Crippen molar-refractivity contribution in [1.82, 2.24) is 14.3 Å². The zero-order chi connectivity index (χ0) is 19.8. The molecule has 1 fully saturated rings.